The fourth-order valence-electron chi connectivity index (χ4n) is 1.61. The van der Waals surface area contributed by atoms with Crippen LogP contribution in [0.1, 0.15) is 17.9 Å². The normalized spacial score (nSPS) is 26.1. The summed E-state index contributed by atoms with van der Waals surface area (Å²) >= 11 is 6.62. The van der Waals surface area contributed by atoms with Crippen molar-refractivity contribution in [1.29, 1.82) is 0 Å². The third kappa shape index (κ3) is 1.82. The molecule has 1 saturated carbocycles. The average molecular weight is 308 g/mol. The number of alkyl halides is 1. The van der Waals surface area contributed by atoms with Crippen LogP contribution in [0, 0.1) is 11.7 Å². The van der Waals surface area contributed by atoms with Gasteiger partial charge in [-0.1, -0.05) is 28.1 Å². The van der Waals surface area contributed by atoms with Crippen LogP contribution >= 0.6 is 31.9 Å². The van der Waals surface area contributed by atoms with E-state index in [0.29, 0.717) is 16.3 Å². The molecule has 0 N–H and O–H groups in total. The molecule has 0 amide bonds. The zero-order valence-electron chi connectivity index (χ0n) is 6.93. The molecule has 0 bridgehead atoms. The summed E-state index contributed by atoms with van der Waals surface area (Å²) < 4.78 is 14.1. The molecule has 1 aliphatic rings. The summed E-state index contributed by atoms with van der Waals surface area (Å²) in [6, 6.07) is 5.52. The number of hydrogen-bond acceptors (Lipinski definition) is 0. The van der Waals surface area contributed by atoms with Crippen LogP contribution < -0.4 is 0 Å². The van der Waals surface area contributed by atoms with Crippen molar-refractivity contribution in [2.24, 2.45) is 5.92 Å². The maximum Gasteiger partial charge on any atom is 0.140 e. The van der Waals surface area contributed by atoms with Crippen LogP contribution in [0.3, 0.4) is 0 Å². The molecule has 0 saturated heterocycles. The van der Waals surface area contributed by atoms with E-state index in [-0.39, 0.29) is 5.82 Å². The first-order valence-electron chi connectivity index (χ1n) is 4.24. The van der Waals surface area contributed by atoms with Gasteiger partial charge in [0.1, 0.15) is 5.82 Å². The third-order valence-electron chi connectivity index (χ3n) is 2.50. The molecule has 1 aromatic rings. The van der Waals surface area contributed by atoms with Crippen molar-refractivity contribution in [3.05, 3.63) is 34.1 Å². The van der Waals surface area contributed by atoms with Crippen molar-refractivity contribution in [2.45, 2.75) is 12.3 Å². The molecule has 1 aliphatic carbocycles. The smallest absolute Gasteiger partial charge is 0.140 e. The molecule has 2 unspecified atom stereocenters. The summed E-state index contributed by atoms with van der Waals surface area (Å²) in [4.78, 5) is 0. The molecular weight excluding hydrogens is 299 g/mol. The summed E-state index contributed by atoms with van der Waals surface area (Å²) in [7, 11) is 0. The van der Waals surface area contributed by atoms with Crippen molar-refractivity contribution < 1.29 is 4.39 Å². The molecule has 0 radical (unpaired) electrons. The second-order valence-electron chi connectivity index (χ2n) is 3.40. The molecule has 0 aromatic heterocycles. The largest absolute Gasteiger partial charge is 0.205 e. The lowest BCUT2D eigenvalue weighted by Gasteiger charge is -2.02. The van der Waals surface area contributed by atoms with E-state index in [2.05, 4.69) is 31.9 Å². The van der Waals surface area contributed by atoms with Crippen LogP contribution in [0.4, 0.5) is 4.39 Å². The fraction of sp³-hybridized carbons (Fsp3) is 0.400. The van der Waals surface area contributed by atoms with E-state index >= 15 is 0 Å². The molecule has 13 heavy (non-hydrogen) atoms. The number of halogens is 3. The number of rotatable bonds is 2. The number of hydrogen-bond donors (Lipinski definition) is 0. The van der Waals surface area contributed by atoms with Gasteiger partial charge in [0.25, 0.3) is 0 Å². The number of benzene rings is 1. The topological polar surface area (TPSA) is 0 Å². The Balaban J connectivity index is 2.27. The van der Waals surface area contributed by atoms with Crippen LogP contribution in [-0.2, 0) is 0 Å². The highest BCUT2D eigenvalue weighted by molar-refractivity contribution is 9.10. The van der Waals surface area contributed by atoms with Crippen LogP contribution in [0.15, 0.2) is 22.7 Å². The zero-order valence-corrected chi connectivity index (χ0v) is 10.1. The lowest BCUT2D eigenvalue weighted by Crippen LogP contribution is -1.90. The lowest BCUT2D eigenvalue weighted by atomic mass is 10.1. The van der Waals surface area contributed by atoms with Crippen LogP contribution in [0.5, 0.6) is 0 Å². The fourth-order valence-corrected chi connectivity index (χ4v) is 2.70. The van der Waals surface area contributed by atoms with Gasteiger partial charge in [-0.05, 0) is 45.8 Å². The maximum absolute atomic E-state index is 13.5. The highest BCUT2D eigenvalue weighted by Gasteiger charge is 2.38. The summed E-state index contributed by atoms with van der Waals surface area (Å²) in [5.74, 6) is 0.969. The monoisotopic (exact) mass is 306 g/mol. The highest BCUT2D eigenvalue weighted by Crippen LogP contribution is 2.49. The van der Waals surface area contributed by atoms with Crippen molar-refractivity contribution in [2.75, 3.05) is 5.33 Å². The van der Waals surface area contributed by atoms with Crippen molar-refractivity contribution in [3.63, 3.8) is 0 Å². The van der Waals surface area contributed by atoms with E-state index in [4.69, 9.17) is 0 Å². The minimum absolute atomic E-state index is 0.0871. The average Bonchev–Trinajstić information content (AvgIpc) is 2.89. The molecule has 3 heteroatoms. The minimum atomic E-state index is -0.0871. The van der Waals surface area contributed by atoms with Gasteiger partial charge in [0.2, 0.25) is 0 Å². The summed E-state index contributed by atoms with van der Waals surface area (Å²) in [6.45, 7) is 0. The van der Waals surface area contributed by atoms with E-state index in [1.54, 1.807) is 6.07 Å². The third-order valence-corrected chi connectivity index (χ3v) is 3.95. The summed E-state index contributed by atoms with van der Waals surface area (Å²) in [6.07, 6.45) is 1.11. The van der Waals surface area contributed by atoms with Crippen LogP contribution in [0.2, 0.25) is 0 Å². The minimum Gasteiger partial charge on any atom is -0.205 e. The van der Waals surface area contributed by atoms with Gasteiger partial charge < -0.3 is 0 Å². The molecule has 2 rings (SSSR count). The Hall–Kier alpha value is 0.110. The lowest BCUT2D eigenvalue weighted by molar-refractivity contribution is 0.601. The quantitative estimate of drug-likeness (QED) is 0.722. The zero-order chi connectivity index (χ0) is 9.42. The van der Waals surface area contributed by atoms with E-state index in [1.165, 1.54) is 0 Å². The Morgan fingerprint density at radius 3 is 2.85 bits per heavy atom. The van der Waals surface area contributed by atoms with E-state index < -0.39 is 0 Å². The molecule has 0 aliphatic heterocycles. The molecule has 0 nitrogen and oxygen atoms in total. The summed E-state index contributed by atoms with van der Waals surface area (Å²) in [5, 5.41) is 0.976. The van der Waals surface area contributed by atoms with Gasteiger partial charge in [-0.25, -0.2) is 4.39 Å². The van der Waals surface area contributed by atoms with Gasteiger partial charge in [-0.2, -0.15) is 0 Å². The SMILES string of the molecule is Fc1c(Br)cccc1C1CC1CBr. The van der Waals surface area contributed by atoms with Crippen molar-refractivity contribution in [1.82, 2.24) is 0 Å². The second-order valence-corrected chi connectivity index (χ2v) is 4.90. The maximum atomic E-state index is 13.5. The van der Waals surface area contributed by atoms with E-state index in [1.807, 2.05) is 12.1 Å². The van der Waals surface area contributed by atoms with E-state index in [9.17, 15) is 4.39 Å². The Morgan fingerprint density at radius 1 is 1.46 bits per heavy atom. The Kier molecular flexibility index (Phi) is 2.75. The summed E-state index contributed by atoms with van der Waals surface area (Å²) in [5.41, 5.74) is 0.860. The van der Waals surface area contributed by atoms with Gasteiger partial charge in [-0.3, -0.25) is 0 Å². The molecule has 0 heterocycles. The second kappa shape index (κ2) is 3.70. The standard InChI is InChI=1S/C10H9Br2F/c11-5-6-4-8(6)7-2-1-3-9(12)10(7)13/h1-3,6,8H,4-5H2. The molecular formula is C10H9Br2F. The van der Waals surface area contributed by atoms with Gasteiger partial charge in [0, 0.05) is 5.33 Å². The Bertz CT molecular complexity index is 325. The predicted molar refractivity (Wildman–Crippen MR) is 58.7 cm³/mol. The molecule has 1 fully saturated rings. The first kappa shape index (κ1) is 9.66. The van der Waals surface area contributed by atoms with Gasteiger partial charge in [-0.15, -0.1) is 0 Å². The molecule has 70 valence electrons. The van der Waals surface area contributed by atoms with Gasteiger partial charge in [0.15, 0.2) is 0 Å². The first-order chi connectivity index (χ1) is 6.24. The van der Waals surface area contributed by atoms with Crippen LogP contribution in [-0.4, -0.2) is 5.33 Å². The van der Waals surface area contributed by atoms with Gasteiger partial charge in [0.05, 0.1) is 4.47 Å². The van der Waals surface area contributed by atoms with Crippen molar-refractivity contribution >= 4 is 31.9 Å². The van der Waals surface area contributed by atoms with Crippen molar-refractivity contribution in [3.8, 4) is 0 Å². The first-order valence-corrected chi connectivity index (χ1v) is 6.15. The van der Waals surface area contributed by atoms with E-state index in [0.717, 1.165) is 17.3 Å². The predicted octanol–water partition coefficient (Wildman–Crippen LogP) is 4.09. The Labute approximate surface area is 93.8 Å². The highest BCUT2D eigenvalue weighted by atomic mass is 79.9. The molecule has 1 aromatic carbocycles. The molecule has 0 spiro atoms. The molecule has 2 atom stereocenters. The van der Waals surface area contributed by atoms with Crippen LogP contribution in [0.25, 0.3) is 0 Å². The Morgan fingerprint density at radius 2 is 2.23 bits per heavy atom. The van der Waals surface area contributed by atoms with Gasteiger partial charge >= 0.3 is 0 Å².